The molecule has 0 aliphatic heterocycles. The quantitative estimate of drug-likeness (QED) is 0.783. The highest BCUT2D eigenvalue weighted by molar-refractivity contribution is 5.98. The van der Waals surface area contributed by atoms with Crippen molar-refractivity contribution in [1.29, 1.82) is 0 Å². The van der Waals surface area contributed by atoms with E-state index in [9.17, 15) is 18.0 Å². The lowest BCUT2D eigenvalue weighted by atomic mass is 9.97. The molecule has 0 fully saturated rings. The second-order valence-electron chi connectivity index (χ2n) is 4.25. The molecule has 0 N–H and O–H groups in total. The van der Waals surface area contributed by atoms with Crippen LogP contribution in [-0.2, 0) is 4.79 Å². The summed E-state index contributed by atoms with van der Waals surface area (Å²) in [5.41, 5.74) is 3.00. The van der Waals surface area contributed by atoms with Crippen LogP contribution < -0.4 is 4.74 Å². The molecule has 0 aromatic heterocycles. The lowest BCUT2D eigenvalue weighted by Crippen LogP contribution is -2.19. The number of hydrogen-bond acceptors (Lipinski definition) is 2. The Hall–Kier alpha value is -1.78. The summed E-state index contributed by atoms with van der Waals surface area (Å²) < 4.78 is 41.6. The molecule has 2 nitrogen and oxygen atoms in total. The van der Waals surface area contributed by atoms with E-state index >= 15 is 0 Å². The molecule has 5 heteroatoms. The predicted molar refractivity (Wildman–Crippen MR) is 67.3 cm³/mol. The van der Waals surface area contributed by atoms with Gasteiger partial charge in [0.15, 0.2) is 0 Å². The summed E-state index contributed by atoms with van der Waals surface area (Å²) in [7, 11) is 1.53. The second-order valence-corrected chi connectivity index (χ2v) is 4.25. The fraction of sp³-hybridized carbons (Fsp3) is 0.357. The van der Waals surface area contributed by atoms with E-state index < -0.39 is 12.0 Å². The molecule has 0 bridgehead atoms. The van der Waals surface area contributed by atoms with E-state index in [4.69, 9.17) is 4.74 Å². The highest BCUT2D eigenvalue weighted by Crippen LogP contribution is 2.28. The molecule has 1 rings (SSSR count). The Morgan fingerprint density at radius 3 is 2.26 bits per heavy atom. The van der Waals surface area contributed by atoms with Crippen LogP contribution in [0, 0.1) is 20.8 Å². The number of allylic oxidation sites excluding steroid dienone is 1. The summed E-state index contributed by atoms with van der Waals surface area (Å²) in [5.74, 6) is -1.19. The number of ether oxygens (including phenoxy) is 1. The van der Waals surface area contributed by atoms with Crippen LogP contribution in [0.15, 0.2) is 12.1 Å². The number of alkyl halides is 3. The van der Waals surface area contributed by atoms with Gasteiger partial charge in [0, 0.05) is 0 Å². The first kappa shape index (κ1) is 15.3. The molecule has 0 heterocycles. The Balaban J connectivity index is 3.20. The Labute approximate surface area is 109 Å². The van der Waals surface area contributed by atoms with Crippen molar-refractivity contribution >= 4 is 11.9 Å². The number of benzene rings is 1. The zero-order valence-electron chi connectivity index (χ0n) is 11.2. The van der Waals surface area contributed by atoms with E-state index in [0.717, 1.165) is 16.7 Å². The van der Waals surface area contributed by atoms with Crippen molar-refractivity contribution in [1.82, 2.24) is 0 Å². The Morgan fingerprint density at radius 2 is 1.79 bits per heavy atom. The maximum absolute atomic E-state index is 12.1. The van der Waals surface area contributed by atoms with Gasteiger partial charge in [0.25, 0.3) is 5.78 Å². The van der Waals surface area contributed by atoms with Crippen LogP contribution in [0.2, 0.25) is 0 Å². The van der Waals surface area contributed by atoms with Crippen LogP contribution in [0.5, 0.6) is 5.75 Å². The molecule has 1 aromatic carbocycles. The zero-order valence-corrected chi connectivity index (χ0v) is 11.2. The van der Waals surface area contributed by atoms with Gasteiger partial charge in [-0.05, 0) is 55.2 Å². The molecule has 0 unspecified atom stereocenters. The first-order valence-electron chi connectivity index (χ1n) is 5.62. The summed E-state index contributed by atoms with van der Waals surface area (Å²) in [6, 6.07) is 1.74. The molecule has 0 spiro atoms. The molecular weight excluding hydrogens is 257 g/mol. The Kier molecular flexibility index (Phi) is 4.39. The fourth-order valence-corrected chi connectivity index (χ4v) is 1.79. The lowest BCUT2D eigenvalue weighted by Gasteiger charge is -2.13. The third-order valence-corrected chi connectivity index (χ3v) is 3.01. The maximum Gasteiger partial charge on any atom is 0.454 e. The SMILES string of the molecule is COc1cc(C)c(/C=C/C(=O)C(F)(F)F)c(C)c1C. The van der Waals surface area contributed by atoms with Crippen molar-refractivity contribution in [2.45, 2.75) is 26.9 Å². The number of hydrogen-bond donors (Lipinski definition) is 0. The van der Waals surface area contributed by atoms with Gasteiger partial charge >= 0.3 is 6.18 Å². The van der Waals surface area contributed by atoms with E-state index in [1.54, 1.807) is 19.9 Å². The number of carbonyl (C=O) groups is 1. The molecule has 1 aromatic rings. The summed E-state index contributed by atoms with van der Waals surface area (Å²) in [6.07, 6.45) is -3.08. The van der Waals surface area contributed by atoms with Gasteiger partial charge in [0.05, 0.1) is 7.11 Å². The zero-order chi connectivity index (χ0) is 14.8. The van der Waals surface area contributed by atoms with Gasteiger partial charge in [-0.2, -0.15) is 13.2 Å². The largest absolute Gasteiger partial charge is 0.496 e. The van der Waals surface area contributed by atoms with Crippen LogP contribution >= 0.6 is 0 Å². The molecule has 19 heavy (non-hydrogen) atoms. The molecule has 0 radical (unpaired) electrons. The number of rotatable bonds is 3. The molecule has 0 atom stereocenters. The standard InChI is InChI=1S/C14H15F3O2/c1-8-7-12(19-4)10(3)9(2)11(8)5-6-13(18)14(15,16)17/h5-7H,1-4H3/b6-5+. The van der Waals surface area contributed by atoms with Crippen molar-refractivity contribution < 1.29 is 22.7 Å². The summed E-state index contributed by atoms with van der Waals surface area (Å²) in [6.45, 7) is 5.35. The van der Waals surface area contributed by atoms with Gasteiger partial charge in [-0.25, -0.2) is 0 Å². The van der Waals surface area contributed by atoms with Gasteiger partial charge in [-0.1, -0.05) is 6.08 Å². The Morgan fingerprint density at radius 1 is 1.21 bits per heavy atom. The molecule has 0 saturated heterocycles. The van der Waals surface area contributed by atoms with E-state index in [0.29, 0.717) is 17.4 Å². The van der Waals surface area contributed by atoms with Crippen LogP contribution in [0.4, 0.5) is 13.2 Å². The number of ketones is 1. The fourth-order valence-electron chi connectivity index (χ4n) is 1.79. The minimum absolute atomic E-state index is 0.557. The average Bonchev–Trinajstić information content (AvgIpc) is 2.32. The normalized spacial score (nSPS) is 11.9. The van der Waals surface area contributed by atoms with Crippen LogP contribution in [0.3, 0.4) is 0 Å². The molecule has 0 saturated carbocycles. The first-order chi connectivity index (χ1) is 8.68. The monoisotopic (exact) mass is 272 g/mol. The van der Waals surface area contributed by atoms with Gasteiger partial charge in [0.2, 0.25) is 0 Å². The van der Waals surface area contributed by atoms with Crippen molar-refractivity contribution in [3.05, 3.63) is 34.4 Å². The predicted octanol–water partition coefficient (Wildman–Crippen LogP) is 3.77. The van der Waals surface area contributed by atoms with Gasteiger partial charge in [-0.3, -0.25) is 4.79 Å². The van der Waals surface area contributed by atoms with E-state index in [-0.39, 0.29) is 0 Å². The molecule has 0 aliphatic rings. The van der Waals surface area contributed by atoms with E-state index in [1.165, 1.54) is 13.2 Å². The van der Waals surface area contributed by atoms with Crippen molar-refractivity contribution in [2.75, 3.05) is 7.11 Å². The smallest absolute Gasteiger partial charge is 0.454 e. The highest BCUT2D eigenvalue weighted by atomic mass is 19.4. The van der Waals surface area contributed by atoms with Gasteiger partial charge in [0.1, 0.15) is 5.75 Å². The molecular formula is C14H15F3O2. The number of carbonyl (C=O) groups excluding carboxylic acids is 1. The third kappa shape index (κ3) is 3.36. The maximum atomic E-state index is 12.1. The van der Waals surface area contributed by atoms with E-state index in [2.05, 4.69) is 0 Å². The summed E-state index contributed by atoms with van der Waals surface area (Å²) in [5, 5.41) is 0. The minimum atomic E-state index is -4.83. The lowest BCUT2D eigenvalue weighted by molar-refractivity contribution is -0.165. The summed E-state index contributed by atoms with van der Waals surface area (Å²) >= 11 is 0. The minimum Gasteiger partial charge on any atom is -0.496 e. The van der Waals surface area contributed by atoms with Crippen LogP contribution in [0.1, 0.15) is 22.3 Å². The molecule has 104 valence electrons. The number of halogens is 3. The van der Waals surface area contributed by atoms with Gasteiger partial charge in [-0.15, -0.1) is 0 Å². The van der Waals surface area contributed by atoms with Crippen LogP contribution in [-0.4, -0.2) is 19.1 Å². The average molecular weight is 272 g/mol. The number of methoxy groups -OCH3 is 1. The summed E-state index contributed by atoms with van der Waals surface area (Å²) in [4.78, 5) is 10.8. The molecule has 0 amide bonds. The van der Waals surface area contributed by atoms with E-state index in [1.807, 2.05) is 6.92 Å². The Bertz CT molecular complexity index is 528. The van der Waals surface area contributed by atoms with Crippen molar-refractivity contribution in [2.24, 2.45) is 0 Å². The topological polar surface area (TPSA) is 26.3 Å². The van der Waals surface area contributed by atoms with Crippen LogP contribution in [0.25, 0.3) is 6.08 Å². The molecule has 0 aliphatic carbocycles. The van der Waals surface area contributed by atoms with Crippen molar-refractivity contribution in [3.63, 3.8) is 0 Å². The van der Waals surface area contributed by atoms with Gasteiger partial charge < -0.3 is 4.74 Å². The number of aryl methyl sites for hydroxylation is 1. The van der Waals surface area contributed by atoms with Crippen molar-refractivity contribution in [3.8, 4) is 5.75 Å². The second kappa shape index (κ2) is 5.47. The highest BCUT2D eigenvalue weighted by Gasteiger charge is 2.36. The first-order valence-corrected chi connectivity index (χ1v) is 5.62. The third-order valence-electron chi connectivity index (χ3n) is 3.01.